The molecular formula is C11H24N2O3. The Morgan fingerprint density at radius 3 is 3.00 bits per heavy atom. The maximum absolute atomic E-state index is 5.63. The molecule has 1 saturated heterocycles. The summed E-state index contributed by atoms with van der Waals surface area (Å²) in [6.07, 6.45) is 0.317. The fraction of sp³-hybridized carbons (Fsp3) is 1.00. The molecule has 1 unspecified atom stereocenters. The first-order chi connectivity index (χ1) is 7.83. The molecule has 0 bridgehead atoms. The van der Waals surface area contributed by atoms with Crippen LogP contribution in [0.4, 0.5) is 0 Å². The molecular weight excluding hydrogens is 208 g/mol. The molecule has 0 aromatic rings. The zero-order valence-corrected chi connectivity index (χ0v) is 10.4. The van der Waals surface area contributed by atoms with E-state index in [1.165, 1.54) is 0 Å². The lowest BCUT2D eigenvalue weighted by Gasteiger charge is -2.30. The maximum atomic E-state index is 5.63. The standard InChI is InChI=1S/C11H24N2O3/c1-13-4-6-16-11(10-13)9-12-3-5-15-8-7-14-2/h11-12H,3-10H2,1-2H3. The van der Waals surface area contributed by atoms with Crippen LogP contribution in [-0.4, -0.2) is 77.8 Å². The van der Waals surface area contributed by atoms with Crippen LogP contribution in [0.5, 0.6) is 0 Å². The van der Waals surface area contributed by atoms with Crippen LogP contribution in [0.2, 0.25) is 0 Å². The summed E-state index contributed by atoms with van der Waals surface area (Å²) in [5.74, 6) is 0. The average molecular weight is 232 g/mol. The van der Waals surface area contributed by atoms with Crippen molar-refractivity contribution in [3.8, 4) is 0 Å². The van der Waals surface area contributed by atoms with Crippen molar-refractivity contribution in [2.45, 2.75) is 6.10 Å². The highest BCUT2D eigenvalue weighted by atomic mass is 16.5. The van der Waals surface area contributed by atoms with E-state index in [0.29, 0.717) is 19.3 Å². The SMILES string of the molecule is COCCOCCNCC1CN(C)CCO1. The monoisotopic (exact) mass is 232 g/mol. The van der Waals surface area contributed by atoms with E-state index in [-0.39, 0.29) is 0 Å². The predicted molar refractivity (Wildman–Crippen MR) is 62.8 cm³/mol. The lowest BCUT2D eigenvalue weighted by atomic mass is 10.3. The highest BCUT2D eigenvalue weighted by molar-refractivity contribution is 4.70. The van der Waals surface area contributed by atoms with Crippen LogP contribution >= 0.6 is 0 Å². The van der Waals surface area contributed by atoms with Gasteiger partial charge in [-0.3, -0.25) is 0 Å². The number of hydrogen-bond acceptors (Lipinski definition) is 5. The van der Waals surface area contributed by atoms with E-state index in [2.05, 4.69) is 17.3 Å². The van der Waals surface area contributed by atoms with Gasteiger partial charge in [-0.1, -0.05) is 0 Å². The molecule has 1 rings (SSSR count). The van der Waals surface area contributed by atoms with Gasteiger partial charge in [-0.2, -0.15) is 0 Å². The summed E-state index contributed by atoms with van der Waals surface area (Å²) in [4.78, 5) is 2.30. The van der Waals surface area contributed by atoms with Gasteiger partial charge < -0.3 is 24.4 Å². The second-order valence-corrected chi connectivity index (χ2v) is 4.06. The van der Waals surface area contributed by atoms with Crippen molar-refractivity contribution < 1.29 is 14.2 Å². The molecule has 0 spiro atoms. The summed E-state index contributed by atoms with van der Waals surface area (Å²) < 4.78 is 15.9. The molecule has 5 nitrogen and oxygen atoms in total. The molecule has 0 aliphatic carbocycles. The third kappa shape index (κ3) is 6.40. The Morgan fingerprint density at radius 1 is 1.38 bits per heavy atom. The van der Waals surface area contributed by atoms with Gasteiger partial charge in [0.1, 0.15) is 0 Å². The Labute approximate surface area is 98.0 Å². The number of morpholine rings is 1. The van der Waals surface area contributed by atoms with Crippen molar-refractivity contribution in [3.05, 3.63) is 0 Å². The first-order valence-electron chi connectivity index (χ1n) is 5.90. The number of methoxy groups -OCH3 is 1. The minimum atomic E-state index is 0.317. The number of likely N-dealkylation sites (N-methyl/N-ethyl adjacent to an activating group) is 1. The van der Waals surface area contributed by atoms with Crippen molar-refractivity contribution in [1.82, 2.24) is 10.2 Å². The highest BCUT2D eigenvalue weighted by Crippen LogP contribution is 2.01. The maximum Gasteiger partial charge on any atom is 0.0826 e. The first-order valence-corrected chi connectivity index (χ1v) is 5.90. The van der Waals surface area contributed by atoms with Crippen LogP contribution in [0.25, 0.3) is 0 Å². The molecule has 16 heavy (non-hydrogen) atoms. The molecule has 1 heterocycles. The van der Waals surface area contributed by atoms with Gasteiger partial charge in [-0.25, -0.2) is 0 Å². The van der Waals surface area contributed by atoms with Gasteiger partial charge in [0.15, 0.2) is 0 Å². The molecule has 1 N–H and O–H groups in total. The Bertz CT molecular complexity index is 169. The van der Waals surface area contributed by atoms with Crippen molar-refractivity contribution in [1.29, 1.82) is 0 Å². The highest BCUT2D eigenvalue weighted by Gasteiger charge is 2.16. The smallest absolute Gasteiger partial charge is 0.0826 e. The molecule has 0 aromatic heterocycles. The van der Waals surface area contributed by atoms with E-state index in [9.17, 15) is 0 Å². The quantitative estimate of drug-likeness (QED) is 0.575. The molecule has 0 amide bonds. The van der Waals surface area contributed by atoms with Gasteiger partial charge in [-0.15, -0.1) is 0 Å². The number of rotatable bonds is 8. The Hall–Kier alpha value is -0.200. The summed E-state index contributed by atoms with van der Waals surface area (Å²) in [5.41, 5.74) is 0. The second-order valence-electron chi connectivity index (χ2n) is 4.06. The van der Waals surface area contributed by atoms with Crippen molar-refractivity contribution in [2.24, 2.45) is 0 Å². The summed E-state index contributed by atoms with van der Waals surface area (Å²) >= 11 is 0. The molecule has 96 valence electrons. The summed E-state index contributed by atoms with van der Waals surface area (Å²) in [6, 6.07) is 0. The summed E-state index contributed by atoms with van der Waals surface area (Å²) in [6.45, 7) is 6.72. The second kappa shape index (κ2) is 8.90. The molecule has 1 fully saturated rings. The van der Waals surface area contributed by atoms with Gasteiger partial charge in [0.2, 0.25) is 0 Å². The third-order valence-corrected chi connectivity index (χ3v) is 2.57. The lowest BCUT2D eigenvalue weighted by molar-refractivity contribution is -0.0189. The fourth-order valence-electron chi connectivity index (χ4n) is 1.64. The van der Waals surface area contributed by atoms with Crippen LogP contribution < -0.4 is 5.32 Å². The van der Waals surface area contributed by atoms with Gasteiger partial charge in [0, 0.05) is 33.3 Å². The number of ether oxygens (including phenoxy) is 3. The van der Waals surface area contributed by atoms with E-state index in [1.807, 2.05) is 0 Å². The van der Waals surface area contributed by atoms with E-state index >= 15 is 0 Å². The average Bonchev–Trinajstić information content (AvgIpc) is 2.28. The van der Waals surface area contributed by atoms with E-state index in [4.69, 9.17) is 14.2 Å². The van der Waals surface area contributed by atoms with Crippen LogP contribution in [0, 0.1) is 0 Å². The van der Waals surface area contributed by atoms with Gasteiger partial charge in [0.05, 0.1) is 32.5 Å². The first kappa shape index (κ1) is 13.9. The Balaban J connectivity index is 1.86. The molecule has 0 saturated carbocycles. The number of hydrogen-bond donors (Lipinski definition) is 1. The van der Waals surface area contributed by atoms with Crippen LogP contribution in [-0.2, 0) is 14.2 Å². The van der Waals surface area contributed by atoms with Crippen molar-refractivity contribution in [3.63, 3.8) is 0 Å². The number of nitrogens with one attached hydrogen (secondary N) is 1. The minimum absolute atomic E-state index is 0.317. The topological polar surface area (TPSA) is 43.0 Å². The van der Waals surface area contributed by atoms with Crippen LogP contribution in [0.15, 0.2) is 0 Å². The van der Waals surface area contributed by atoms with E-state index < -0.39 is 0 Å². The molecule has 1 aliphatic heterocycles. The minimum Gasteiger partial charge on any atom is -0.382 e. The largest absolute Gasteiger partial charge is 0.382 e. The van der Waals surface area contributed by atoms with Crippen LogP contribution in [0.3, 0.4) is 0 Å². The predicted octanol–water partition coefficient (Wildman–Crippen LogP) is -0.430. The Morgan fingerprint density at radius 2 is 2.25 bits per heavy atom. The van der Waals surface area contributed by atoms with E-state index in [0.717, 1.165) is 39.4 Å². The van der Waals surface area contributed by atoms with Gasteiger partial charge in [0.25, 0.3) is 0 Å². The molecule has 0 radical (unpaired) electrons. The van der Waals surface area contributed by atoms with Crippen molar-refractivity contribution in [2.75, 3.05) is 66.8 Å². The van der Waals surface area contributed by atoms with Crippen LogP contribution in [0.1, 0.15) is 0 Å². The Kier molecular flexibility index (Phi) is 7.71. The fourth-order valence-corrected chi connectivity index (χ4v) is 1.64. The summed E-state index contributed by atoms with van der Waals surface area (Å²) in [7, 11) is 3.81. The molecule has 0 aromatic carbocycles. The normalized spacial score (nSPS) is 22.5. The van der Waals surface area contributed by atoms with E-state index in [1.54, 1.807) is 7.11 Å². The zero-order chi connectivity index (χ0) is 11.6. The molecule has 1 atom stereocenters. The number of nitrogens with zero attached hydrogens (tertiary/aromatic N) is 1. The zero-order valence-electron chi connectivity index (χ0n) is 10.4. The van der Waals surface area contributed by atoms with Gasteiger partial charge in [-0.05, 0) is 7.05 Å². The lowest BCUT2D eigenvalue weighted by Crippen LogP contribution is -2.45. The summed E-state index contributed by atoms with van der Waals surface area (Å²) in [5, 5.41) is 3.34. The molecule has 5 heteroatoms. The molecule has 1 aliphatic rings. The third-order valence-electron chi connectivity index (χ3n) is 2.57. The van der Waals surface area contributed by atoms with Gasteiger partial charge >= 0.3 is 0 Å². The van der Waals surface area contributed by atoms with Crippen molar-refractivity contribution >= 4 is 0 Å².